The van der Waals surface area contributed by atoms with Gasteiger partial charge in [-0.1, -0.05) is 18.2 Å². The SMILES string of the molecule is Nc1c(N=Nc2ccc(-c3nc4ccc(N/N=C5/C=CC(NCC(=O)O)=CC5=O)cc4[nH]3)cc2)c(S(=O)(=O)O)cc2c1C(=O)/C(=N/Nc1ccccc1)C(S(=O)(=O)O)=C2.OCCNCCO.OCCNCCO.OCCNCCO. The molecular weight excluding hydrogens is 1090 g/mol. The zero-order valence-corrected chi connectivity index (χ0v) is 44.2. The molecule has 7 rings (SSSR count). The van der Waals surface area contributed by atoms with E-state index in [0.29, 0.717) is 78.8 Å². The maximum absolute atomic E-state index is 13.7. The lowest BCUT2D eigenvalue weighted by atomic mass is 9.92. The summed E-state index contributed by atoms with van der Waals surface area (Å²) < 4.78 is 69.6. The number of carbonyl (C=O) groups is 3. The van der Waals surface area contributed by atoms with E-state index in [0.717, 1.165) is 12.1 Å². The number of H-pyrrole nitrogens is 1. The number of aromatic amines is 1. The second kappa shape index (κ2) is 32.8. The summed E-state index contributed by atoms with van der Waals surface area (Å²) in [5.74, 6) is -2.13. The molecule has 18 N–H and O–H groups in total. The summed E-state index contributed by atoms with van der Waals surface area (Å²) in [4.78, 5) is 42.8. The molecule has 0 unspecified atom stereocenters. The first-order chi connectivity index (χ1) is 38.3. The first-order valence-electron chi connectivity index (χ1n) is 23.9. The van der Waals surface area contributed by atoms with E-state index in [1.54, 1.807) is 60.7 Å². The monoisotopic (exact) mass is 1150 g/mol. The number of hydrazone groups is 2. The van der Waals surface area contributed by atoms with E-state index in [9.17, 15) is 40.3 Å². The number of imidazole rings is 1. The molecule has 29 nitrogen and oxygen atoms in total. The van der Waals surface area contributed by atoms with Crippen LogP contribution < -0.4 is 37.9 Å². The van der Waals surface area contributed by atoms with Gasteiger partial charge in [0.05, 0.1) is 79.0 Å². The van der Waals surface area contributed by atoms with Crippen LogP contribution in [0.3, 0.4) is 0 Å². The van der Waals surface area contributed by atoms with Gasteiger partial charge in [-0.2, -0.15) is 32.2 Å². The van der Waals surface area contributed by atoms with E-state index in [2.05, 4.69) is 62.5 Å². The second-order valence-electron chi connectivity index (χ2n) is 16.1. The van der Waals surface area contributed by atoms with Crippen LogP contribution in [0.15, 0.2) is 133 Å². The Bertz CT molecular complexity index is 3280. The number of carboxylic acids is 1. The van der Waals surface area contributed by atoms with Crippen molar-refractivity contribution in [1.29, 1.82) is 0 Å². The normalized spacial score (nSPS) is 14.1. The molecule has 31 heteroatoms. The largest absolute Gasteiger partial charge is 0.480 e. The number of anilines is 3. The molecule has 5 aromatic rings. The van der Waals surface area contributed by atoms with Crippen molar-refractivity contribution in [3.63, 3.8) is 0 Å². The highest BCUT2D eigenvalue weighted by molar-refractivity contribution is 7.91. The summed E-state index contributed by atoms with van der Waals surface area (Å²) in [6.45, 7) is 3.91. The van der Waals surface area contributed by atoms with E-state index in [4.69, 9.17) is 41.5 Å². The minimum absolute atomic E-state index is 0.104. The van der Waals surface area contributed by atoms with Crippen LogP contribution in [0.5, 0.6) is 0 Å². The highest BCUT2D eigenvalue weighted by Crippen LogP contribution is 2.41. The quantitative estimate of drug-likeness (QED) is 0.00999. The fourth-order valence-corrected chi connectivity index (χ4v) is 7.94. The number of aromatic nitrogens is 2. The van der Waals surface area contributed by atoms with Crippen molar-refractivity contribution in [3.05, 3.63) is 119 Å². The van der Waals surface area contributed by atoms with E-state index >= 15 is 0 Å². The fourth-order valence-electron chi connectivity index (χ4n) is 6.61. The number of Topliss-reactive ketones (excluding diaryl/α,β-unsaturated/α-hetero) is 1. The molecule has 0 saturated heterocycles. The number of nitrogens with two attached hydrogens (primary N) is 1. The molecule has 430 valence electrons. The number of benzene rings is 4. The summed E-state index contributed by atoms with van der Waals surface area (Å²) >= 11 is 0. The van der Waals surface area contributed by atoms with Crippen LogP contribution in [0.1, 0.15) is 15.9 Å². The van der Waals surface area contributed by atoms with Gasteiger partial charge >= 0.3 is 5.97 Å². The predicted octanol–water partition coefficient (Wildman–Crippen LogP) is 0.514. The molecule has 0 aliphatic heterocycles. The summed E-state index contributed by atoms with van der Waals surface area (Å²) in [6.07, 6.45) is 5.02. The Hall–Kier alpha value is -8.02. The molecule has 80 heavy (non-hydrogen) atoms. The number of rotatable bonds is 24. The number of aliphatic hydroxyl groups is 6. The van der Waals surface area contributed by atoms with Crippen LogP contribution in [0, 0.1) is 0 Å². The highest BCUT2D eigenvalue weighted by Gasteiger charge is 2.37. The number of aliphatic carboxylic acids is 1. The highest BCUT2D eigenvalue weighted by atomic mass is 32.2. The zero-order chi connectivity index (χ0) is 58.7. The molecule has 0 fully saturated rings. The maximum Gasteiger partial charge on any atom is 0.322 e. The molecule has 0 spiro atoms. The van der Waals surface area contributed by atoms with E-state index in [1.165, 1.54) is 30.4 Å². The molecule has 1 heterocycles. The standard InChI is InChI=1S/C37H28N10O10S2.3C4H11NO2/c38-33-32-20(15-30(59(55,56)57)35(36(32)51)47-42-21-4-2-1-3-5-21)14-29(58(52,53)54)34(33)46-43-22-8-6-19(7-9-22)37-40-25-12-11-24(16-27(25)41-37)44-45-26-13-10-23(17-28(26)48)39-18-31(49)50;3*6-3-1-5-2-4-7/h1-17,39,42,44H,18,38H2,(H,40,41)(H,49,50)(H,52,53,54)(H,55,56,57);3*5-7H,1-4H2/b45-26-,46-43?,47-35+;;;. The number of hydrogen-bond donors (Lipinski definition) is 17. The average Bonchev–Trinajstić information content (AvgIpc) is 3.98. The van der Waals surface area contributed by atoms with E-state index < -0.39 is 70.2 Å². The van der Waals surface area contributed by atoms with Gasteiger partial charge in [-0.25, -0.2) is 4.98 Å². The van der Waals surface area contributed by atoms with Crippen molar-refractivity contribution in [2.45, 2.75) is 4.90 Å². The number of allylic oxidation sites excluding steroid dienone is 4. The predicted molar refractivity (Wildman–Crippen MR) is 298 cm³/mol. The van der Waals surface area contributed by atoms with Crippen LogP contribution in [-0.4, -0.2) is 186 Å². The van der Waals surface area contributed by atoms with Crippen molar-refractivity contribution in [1.82, 2.24) is 31.2 Å². The number of nitrogen functional groups attached to an aromatic ring is 1. The van der Waals surface area contributed by atoms with Gasteiger partial charge in [0.15, 0.2) is 5.71 Å². The molecule has 2 aliphatic rings. The molecule has 2 aliphatic carbocycles. The number of fused-ring (bicyclic) bond motifs is 2. The summed E-state index contributed by atoms with van der Waals surface area (Å²) in [5, 5.41) is 84.7. The van der Waals surface area contributed by atoms with Gasteiger partial charge in [0, 0.05) is 56.6 Å². The molecular formula is C49H61N13O16S2. The molecule has 0 amide bonds. The number of hydrogen-bond acceptors (Lipinski definition) is 25. The van der Waals surface area contributed by atoms with Crippen molar-refractivity contribution < 1.29 is 76.1 Å². The Labute approximate surface area is 458 Å². The lowest BCUT2D eigenvalue weighted by molar-refractivity contribution is -0.135. The summed E-state index contributed by atoms with van der Waals surface area (Å²) in [6, 6.07) is 20.4. The Kier molecular flexibility index (Phi) is 26.4. The van der Waals surface area contributed by atoms with Gasteiger partial charge < -0.3 is 67.7 Å². The van der Waals surface area contributed by atoms with Gasteiger partial charge in [0.1, 0.15) is 33.6 Å². The molecule has 0 saturated carbocycles. The third kappa shape index (κ3) is 20.3. The zero-order valence-electron chi connectivity index (χ0n) is 42.5. The van der Waals surface area contributed by atoms with Gasteiger partial charge in [0.25, 0.3) is 20.2 Å². The number of ketones is 2. The van der Waals surface area contributed by atoms with E-state index in [1.807, 2.05) is 0 Å². The molecule has 0 bridgehead atoms. The van der Waals surface area contributed by atoms with Crippen LogP contribution in [0.2, 0.25) is 0 Å². The minimum atomic E-state index is -5.09. The maximum atomic E-state index is 13.7. The van der Waals surface area contributed by atoms with Gasteiger partial charge in [0.2, 0.25) is 11.6 Å². The van der Waals surface area contributed by atoms with Crippen molar-refractivity contribution >= 4 is 94.7 Å². The third-order valence-electron chi connectivity index (χ3n) is 10.3. The molecule has 4 aromatic carbocycles. The van der Waals surface area contributed by atoms with Crippen molar-refractivity contribution in [3.8, 4) is 11.4 Å². The third-order valence-corrected chi connectivity index (χ3v) is 12.0. The number of nitrogens with zero attached hydrogens (tertiary/aromatic N) is 5. The number of aliphatic hydroxyl groups excluding tert-OH is 6. The molecule has 0 atom stereocenters. The van der Waals surface area contributed by atoms with Crippen molar-refractivity contribution in [2.24, 2.45) is 20.4 Å². The number of carbonyl (C=O) groups excluding carboxylic acids is 2. The van der Waals surface area contributed by atoms with Gasteiger partial charge in [-0.15, -0.1) is 5.11 Å². The smallest absolute Gasteiger partial charge is 0.322 e. The second-order valence-corrected chi connectivity index (χ2v) is 18.9. The molecule has 1 aromatic heterocycles. The average molecular weight is 1150 g/mol. The number of para-hydroxylation sites is 1. The Morgan fingerprint density at radius 1 is 0.662 bits per heavy atom. The summed E-state index contributed by atoms with van der Waals surface area (Å²) in [5.41, 5.74) is 12.3. The Balaban J connectivity index is 0.000000555. The van der Waals surface area contributed by atoms with E-state index in [-0.39, 0.29) is 63.1 Å². The lowest BCUT2D eigenvalue weighted by Crippen LogP contribution is -2.28. The number of azo groups is 1. The Morgan fingerprint density at radius 3 is 1.76 bits per heavy atom. The lowest BCUT2D eigenvalue weighted by Gasteiger charge is -2.20. The van der Waals surface area contributed by atoms with Gasteiger partial charge in [-0.05, 0) is 84.5 Å². The fraction of sp³-hybridized carbons (Fsp3) is 0.265. The van der Waals surface area contributed by atoms with Crippen LogP contribution in [0.4, 0.5) is 28.4 Å². The number of carboxylic acid groups (broad SMARTS) is 1. The first kappa shape index (κ1) is 64.5. The summed E-state index contributed by atoms with van der Waals surface area (Å²) in [7, 11) is -10.2. The van der Waals surface area contributed by atoms with Crippen LogP contribution in [0.25, 0.3) is 28.5 Å². The molecule has 0 radical (unpaired) electrons. The van der Waals surface area contributed by atoms with Crippen LogP contribution >= 0.6 is 0 Å². The van der Waals surface area contributed by atoms with Crippen LogP contribution in [-0.2, 0) is 29.8 Å². The Morgan fingerprint density at radius 2 is 1.24 bits per heavy atom. The minimum Gasteiger partial charge on any atom is -0.480 e. The van der Waals surface area contributed by atoms with Crippen molar-refractivity contribution in [2.75, 3.05) is 102 Å². The van der Waals surface area contributed by atoms with Gasteiger partial charge in [-0.3, -0.25) is 34.3 Å². The first-order valence-corrected chi connectivity index (χ1v) is 26.8. The number of nitrogens with one attached hydrogen (secondary N) is 7. The topological polar surface area (TPSA) is 478 Å².